The molecule has 6 atom stereocenters. The number of H-pyrrole nitrogens is 2. The van der Waals surface area contributed by atoms with Crippen molar-refractivity contribution in [2.75, 3.05) is 13.1 Å². The van der Waals surface area contributed by atoms with Crippen LogP contribution >= 0.6 is 0 Å². The van der Waals surface area contributed by atoms with Crippen molar-refractivity contribution in [2.24, 2.45) is 11.8 Å². The maximum absolute atomic E-state index is 14.0. The summed E-state index contributed by atoms with van der Waals surface area (Å²) >= 11 is 0. The van der Waals surface area contributed by atoms with Crippen LogP contribution in [0.5, 0.6) is 0 Å². The number of likely N-dealkylation sites (tertiary alicyclic amines) is 2. The zero-order valence-electron chi connectivity index (χ0n) is 40.2. The van der Waals surface area contributed by atoms with Crippen molar-refractivity contribution in [3.05, 3.63) is 58.6 Å². The number of ether oxygens (including phenoxy) is 3. The largest absolute Gasteiger partial charge is 0.444 e. The van der Waals surface area contributed by atoms with Gasteiger partial charge in [-0.15, -0.1) is 0 Å². The van der Waals surface area contributed by atoms with Gasteiger partial charge >= 0.3 is 12.2 Å². The van der Waals surface area contributed by atoms with Crippen LogP contribution in [0.15, 0.2) is 24.5 Å². The molecule has 4 aliphatic heterocycles. The van der Waals surface area contributed by atoms with Crippen molar-refractivity contribution in [2.45, 2.75) is 193 Å². The van der Waals surface area contributed by atoms with Crippen LogP contribution in [0.4, 0.5) is 9.59 Å². The summed E-state index contributed by atoms with van der Waals surface area (Å²) in [5, 5.41) is 5.69. The second-order valence-electron chi connectivity index (χ2n) is 21.8. The van der Waals surface area contributed by atoms with E-state index in [4.69, 9.17) is 24.2 Å². The number of fused-ring (bicyclic) bond motifs is 5. The first kappa shape index (κ1) is 46.6. The maximum Gasteiger partial charge on any atom is 0.408 e. The van der Waals surface area contributed by atoms with Gasteiger partial charge in [0.25, 0.3) is 0 Å². The van der Waals surface area contributed by atoms with Crippen LogP contribution in [0.1, 0.15) is 204 Å². The molecule has 1 aromatic carbocycles. The number of amides is 4. The summed E-state index contributed by atoms with van der Waals surface area (Å²) in [5.74, 6) is 1.90. The molecule has 3 aromatic rings. The molecule has 8 rings (SSSR count). The minimum absolute atomic E-state index is 0.0534. The highest BCUT2D eigenvalue weighted by Gasteiger charge is 2.44. The molecule has 65 heavy (non-hydrogen) atoms. The molecule has 0 spiro atoms. The molecule has 2 aromatic heterocycles. The van der Waals surface area contributed by atoms with Gasteiger partial charge < -0.3 is 44.6 Å². The van der Waals surface area contributed by atoms with E-state index < -0.39 is 35.5 Å². The SMILES string of the molecule is CC(C)[C@H](NC(=O)OC(C)(C)C)C(=O)N1CCC[C@H]1c1ncc(-c2ccc(C3CCC(c4cnc([C@@H]5CCCN5C(=O)[C@@H](NC(=O)OC(C)(C)C)C(C)C)[nH]4)CC3)c3c2C2CCC3O2)[nH]1. The summed E-state index contributed by atoms with van der Waals surface area (Å²) in [4.78, 5) is 74.2. The van der Waals surface area contributed by atoms with Gasteiger partial charge in [-0.25, -0.2) is 19.6 Å². The molecular formula is C50H72N8O7. The van der Waals surface area contributed by atoms with Gasteiger partial charge in [0, 0.05) is 36.5 Å². The lowest BCUT2D eigenvalue weighted by molar-refractivity contribution is -0.136. The van der Waals surface area contributed by atoms with E-state index in [1.54, 1.807) is 0 Å². The van der Waals surface area contributed by atoms with Crippen LogP contribution in [0.25, 0.3) is 11.3 Å². The second-order valence-corrected chi connectivity index (χ2v) is 21.8. The van der Waals surface area contributed by atoms with Crippen LogP contribution in [0.2, 0.25) is 0 Å². The smallest absolute Gasteiger partial charge is 0.408 e. The lowest BCUT2D eigenvalue weighted by atomic mass is 9.73. The third-order valence-corrected chi connectivity index (χ3v) is 14.0. The Bertz CT molecular complexity index is 2230. The molecule has 6 heterocycles. The lowest BCUT2D eigenvalue weighted by Crippen LogP contribution is -2.52. The molecule has 1 saturated carbocycles. The van der Waals surface area contributed by atoms with Crippen LogP contribution in [-0.4, -0.2) is 90.1 Å². The first-order valence-corrected chi connectivity index (χ1v) is 24.3. The molecule has 2 bridgehead atoms. The molecule has 15 heteroatoms. The second kappa shape index (κ2) is 18.4. The lowest BCUT2D eigenvalue weighted by Gasteiger charge is -2.31. The summed E-state index contributed by atoms with van der Waals surface area (Å²) in [7, 11) is 0. The summed E-state index contributed by atoms with van der Waals surface area (Å²) in [6.07, 6.45) is 12.4. The van der Waals surface area contributed by atoms with Gasteiger partial charge in [-0.05, 0) is 140 Å². The fourth-order valence-corrected chi connectivity index (χ4v) is 11.0. The van der Waals surface area contributed by atoms with E-state index in [1.165, 1.54) is 16.7 Å². The van der Waals surface area contributed by atoms with E-state index >= 15 is 0 Å². The Hall–Kier alpha value is -4.92. The van der Waals surface area contributed by atoms with E-state index in [1.807, 2.05) is 91.4 Å². The molecule has 4 amide bonds. The predicted octanol–water partition coefficient (Wildman–Crippen LogP) is 9.57. The summed E-state index contributed by atoms with van der Waals surface area (Å²) in [6.45, 7) is 19.8. The first-order chi connectivity index (χ1) is 30.8. The van der Waals surface area contributed by atoms with Gasteiger partial charge in [0.05, 0.1) is 36.2 Å². The number of benzene rings is 1. The van der Waals surface area contributed by atoms with Crippen molar-refractivity contribution in [1.29, 1.82) is 0 Å². The van der Waals surface area contributed by atoms with Crippen LogP contribution < -0.4 is 10.6 Å². The monoisotopic (exact) mass is 897 g/mol. The number of aromatic nitrogens is 4. The van der Waals surface area contributed by atoms with Crippen molar-refractivity contribution in [1.82, 2.24) is 40.4 Å². The first-order valence-electron chi connectivity index (χ1n) is 24.3. The number of hydrogen-bond donors (Lipinski definition) is 4. The molecule has 2 unspecified atom stereocenters. The summed E-state index contributed by atoms with van der Waals surface area (Å²) in [5.41, 5.74) is 5.91. The molecule has 4 N–H and O–H groups in total. The number of imidazole rings is 2. The van der Waals surface area contributed by atoms with Crippen molar-refractivity contribution in [3.8, 4) is 11.3 Å². The van der Waals surface area contributed by atoms with Crippen LogP contribution in [0.3, 0.4) is 0 Å². The highest BCUT2D eigenvalue weighted by Crippen LogP contribution is 2.57. The zero-order chi connectivity index (χ0) is 46.5. The number of carbonyl (C=O) groups excluding carboxylic acids is 4. The summed E-state index contributed by atoms with van der Waals surface area (Å²) in [6, 6.07) is 2.79. The van der Waals surface area contributed by atoms with E-state index in [0.717, 1.165) is 92.8 Å². The molecule has 4 fully saturated rings. The Morgan fingerprint density at radius 2 is 1.15 bits per heavy atom. The Labute approximate surface area is 384 Å². The third kappa shape index (κ3) is 9.95. The standard InChI is InChI=1S/C50H72N8O7/c1-27(2)41(55-47(61)64-49(5,6)7)45(59)57-23-11-13-35(57)43-51-25-33(53-43)30-17-15-29(16-18-30)31-19-20-32(40-38-22-21-37(63-38)39(31)40)34-26-52-44(54-34)36-14-12-24-58(36)46(60)42(28(3)4)56-48(62)65-50(8,9)10/h19-20,25-30,35-38,41-42H,11-18,21-24H2,1-10H3,(H,51,53)(H,52,54)(H,55,61)(H,56,62)/t29?,30?,35-,36-,37?,38?,41-,42-/m0/s1. The van der Waals surface area contributed by atoms with Gasteiger partial charge in [0.1, 0.15) is 34.9 Å². The number of rotatable bonds is 11. The molecular weight excluding hydrogens is 825 g/mol. The minimum Gasteiger partial charge on any atom is -0.444 e. The highest BCUT2D eigenvalue weighted by atomic mass is 16.6. The molecule has 1 aliphatic carbocycles. The number of nitrogens with zero attached hydrogens (tertiary/aromatic N) is 4. The van der Waals surface area contributed by atoms with E-state index in [0.29, 0.717) is 24.9 Å². The molecule has 15 nitrogen and oxygen atoms in total. The van der Waals surface area contributed by atoms with Crippen LogP contribution in [0, 0.1) is 11.8 Å². The van der Waals surface area contributed by atoms with Crippen LogP contribution in [-0.2, 0) is 23.8 Å². The zero-order valence-corrected chi connectivity index (χ0v) is 40.2. The van der Waals surface area contributed by atoms with E-state index in [9.17, 15) is 19.2 Å². The van der Waals surface area contributed by atoms with Crippen molar-refractivity contribution in [3.63, 3.8) is 0 Å². The third-order valence-electron chi connectivity index (χ3n) is 14.0. The predicted molar refractivity (Wildman–Crippen MR) is 246 cm³/mol. The molecule has 0 radical (unpaired) electrons. The van der Waals surface area contributed by atoms with Gasteiger partial charge in [-0.1, -0.05) is 39.8 Å². The normalized spacial score (nSPS) is 25.2. The topological polar surface area (TPSA) is 184 Å². The average Bonchev–Trinajstić information content (AvgIpc) is 4.10. The van der Waals surface area contributed by atoms with Gasteiger partial charge in [-0.2, -0.15) is 0 Å². The Morgan fingerprint density at radius 1 is 0.662 bits per heavy atom. The molecule has 5 aliphatic rings. The Morgan fingerprint density at radius 3 is 1.68 bits per heavy atom. The van der Waals surface area contributed by atoms with Crippen molar-refractivity contribution >= 4 is 24.0 Å². The molecule has 3 saturated heterocycles. The fraction of sp³-hybridized carbons (Fsp3) is 0.680. The molecule has 354 valence electrons. The number of aromatic amines is 2. The van der Waals surface area contributed by atoms with E-state index in [2.05, 4.69) is 32.7 Å². The number of carbonyl (C=O) groups is 4. The highest BCUT2D eigenvalue weighted by molar-refractivity contribution is 5.87. The summed E-state index contributed by atoms with van der Waals surface area (Å²) < 4.78 is 17.6. The van der Waals surface area contributed by atoms with Gasteiger partial charge in [-0.3, -0.25) is 9.59 Å². The number of alkyl carbamates (subject to hydrolysis) is 2. The maximum atomic E-state index is 14.0. The van der Waals surface area contributed by atoms with Gasteiger partial charge in [0.15, 0.2) is 0 Å². The average molecular weight is 897 g/mol. The van der Waals surface area contributed by atoms with Crippen molar-refractivity contribution < 1.29 is 33.4 Å². The number of nitrogens with one attached hydrogen (secondary N) is 4. The number of hydrogen-bond acceptors (Lipinski definition) is 9. The Kier molecular flexibility index (Phi) is 13.2. The Balaban J connectivity index is 0.935. The van der Waals surface area contributed by atoms with Gasteiger partial charge in [0.2, 0.25) is 11.8 Å². The quantitative estimate of drug-likeness (QED) is 0.146. The minimum atomic E-state index is -0.712. The fourth-order valence-electron chi connectivity index (χ4n) is 11.0. The van der Waals surface area contributed by atoms with E-state index in [-0.39, 0.29) is 47.9 Å².